The number of aldehydes is 1. The van der Waals surface area contributed by atoms with Crippen LogP contribution in [0.2, 0.25) is 0 Å². The number of hydrogen-bond acceptors (Lipinski definition) is 2. The zero-order valence-corrected chi connectivity index (χ0v) is 8.80. The van der Waals surface area contributed by atoms with Crippen LogP contribution in [0.15, 0.2) is 29.2 Å². The fourth-order valence-corrected chi connectivity index (χ4v) is 1.75. The highest BCUT2D eigenvalue weighted by Crippen LogP contribution is 2.22. The van der Waals surface area contributed by atoms with Crippen molar-refractivity contribution in [1.29, 1.82) is 0 Å². The van der Waals surface area contributed by atoms with E-state index in [2.05, 4.69) is 26.0 Å². The Morgan fingerprint density at radius 3 is 2.85 bits per heavy atom. The first kappa shape index (κ1) is 10.3. The molecule has 1 nitrogen and oxygen atoms in total. The lowest BCUT2D eigenvalue weighted by Crippen LogP contribution is -1.87. The standard InChI is InChI=1S/C11H14OS/c1-9(2)10-4-3-5-11(8-10)13-7-6-12/h3-6,8-9H,7H2,1-2H3. The van der Waals surface area contributed by atoms with Crippen LogP contribution < -0.4 is 0 Å². The van der Waals surface area contributed by atoms with E-state index in [4.69, 9.17) is 0 Å². The maximum atomic E-state index is 10.2. The molecule has 0 amide bonds. The maximum Gasteiger partial charge on any atom is 0.130 e. The summed E-state index contributed by atoms with van der Waals surface area (Å²) in [5, 5.41) is 0. The van der Waals surface area contributed by atoms with E-state index in [9.17, 15) is 4.79 Å². The van der Waals surface area contributed by atoms with Crippen LogP contribution >= 0.6 is 11.8 Å². The second kappa shape index (κ2) is 5.07. The number of rotatable bonds is 4. The molecule has 0 radical (unpaired) electrons. The Hall–Kier alpha value is -0.760. The lowest BCUT2D eigenvalue weighted by Gasteiger charge is -2.06. The molecule has 13 heavy (non-hydrogen) atoms. The van der Waals surface area contributed by atoms with Crippen LogP contribution in [0.5, 0.6) is 0 Å². The number of thioether (sulfide) groups is 1. The molecule has 1 aromatic rings. The van der Waals surface area contributed by atoms with Gasteiger partial charge in [-0.05, 0) is 23.6 Å². The van der Waals surface area contributed by atoms with Gasteiger partial charge >= 0.3 is 0 Å². The Kier molecular flexibility index (Phi) is 4.03. The van der Waals surface area contributed by atoms with Gasteiger partial charge in [-0.2, -0.15) is 0 Å². The average Bonchev–Trinajstić information content (AvgIpc) is 2.15. The summed E-state index contributed by atoms with van der Waals surface area (Å²) in [6.07, 6.45) is 0.937. The van der Waals surface area contributed by atoms with Gasteiger partial charge in [0.15, 0.2) is 0 Å². The van der Waals surface area contributed by atoms with E-state index in [1.54, 1.807) is 11.8 Å². The Morgan fingerprint density at radius 2 is 2.23 bits per heavy atom. The molecule has 0 aliphatic carbocycles. The smallest absolute Gasteiger partial charge is 0.130 e. The van der Waals surface area contributed by atoms with Crippen molar-refractivity contribution < 1.29 is 4.79 Å². The highest BCUT2D eigenvalue weighted by molar-refractivity contribution is 7.99. The van der Waals surface area contributed by atoms with E-state index in [1.807, 2.05) is 12.1 Å². The molecule has 0 bridgehead atoms. The molecular formula is C11H14OS. The maximum absolute atomic E-state index is 10.2. The van der Waals surface area contributed by atoms with Gasteiger partial charge in [0.2, 0.25) is 0 Å². The topological polar surface area (TPSA) is 17.1 Å². The summed E-state index contributed by atoms with van der Waals surface area (Å²) in [6.45, 7) is 4.34. The molecule has 0 aromatic heterocycles. The van der Waals surface area contributed by atoms with Crippen molar-refractivity contribution in [3.05, 3.63) is 29.8 Å². The number of benzene rings is 1. The van der Waals surface area contributed by atoms with Crippen molar-refractivity contribution in [1.82, 2.24) is 0 Å². The van der Waals surface area contributed by atoms with Crippen LogP contribution in [0.3, 0.4) is 0 Å². The first-order valence-electron chi connectivity index (χ1n) is 4.40. The minimum absolute atomic E-state index is 0.543. The van der Waals surface area contributed by atoms with Gasteiger partial charge in [0.05, 0.1) is 5.75 Å². The minimum atomic E-state index is 0.543. The van der Waals surface area contributed by atoms with E-state index in [1.165, 1.54) is 10.5 Å². The van der Waals surface area contributed by atoms with Crippen molar-refractivity contribution in [2.75, 3.05) is 5.75 Å². The molecule has 0 atom stereocenters. The van der Waals surface area contributed by atoms with Gasteiger partial charge in [-0.15, -0.1) is 11.8 Å². The van der Waals surface area contributed by atoms with E-state index < -0.39 is 0 Å². The Morgan fingerprint density at radius 1 is 1.46 bits per heavy atom. The number of carbonyl (C=O) groups is 1. The van der Waals surface area contributed by atoms with Crippen molar-refractivity contribution in [3.8, 4) is 0 Å². The molecule has 0 spiro atoms. The van der Waals surface area contributed by atoms with Crippen LogP contribution in [-0.2, 0) is 4.79 Å². The second-order valence-electron chi connectivity index (χ2n) is 3.20. The Bertz CT molecular complexity index is 281. The largest absolute Gasteiger partial charge is 0.302 e. The third kappa shape index (κ3) is 3.23. The van der Waals surface area contributed by atoms with Gasteiger partial charge in [-0.1, -0.05) is 26.0 Å². The van der Waals surface area contributed by atoms with Crippen LogP contribution in [-0.4, -0.2) is 12.0 Å². The molecule has 0 saturated carbocycles. The monoisotopic (exact) mass is 194 g/mol. The van der Waals surface area contributed by atoms with Gasteiger partial charge in [0.1, 0.15) is 6.29 Å². The van der Waals surface area contributed by atoms with Gasteiger partial charge < -0.3 is 4.79 Å². The van der Waals surface area contributed by atoms with Crippen molar-refractivity contribution in [3.63, 3.8) is 0 Å². The summed E-state index contributed by atoms with van der Waals surface area (Å²) >= 11 is 1.58. The third-order valence-corrected chi connectivity index (χ3v) is 2.73. The first-order valence-corrected chi connectivity index (χ1v) is 5.39. The van der Waals surface area contributed by atoms with Crippen LogP contribution in [0, 0.1) is 0 Å². The van der Waals surface area contributed by atoms with Crippen LogP contribution in [0.4, 0.5) is 0 Å². The number of carbonyl (C=O) groups excluding carboxylic acids is 1. The summed E-state index contributed by atoms with van der Waals surface area (Å²) < 4.78 is 0. The van der Waals surface area contributed by atoms with Gasteiger partial charge in [-0.25, -0.2) is 0 Å². The van der Waals surface area contributed by atoms with E-state index in [0.29, 0.717) is 11.7 Å². The molecule has 1 aromatic carbocycles. The van der Waals surface area contributed by atoms with Crippen LogP contribution in [0.25, 0.3) is 0 Å². The molecule has 0 unspecified atom stereocenters. The first-order chi connectivity index (χ1) is 6.24. The molecular weight excluding hydrogens is 180 g/mol. The normalized spacial score (nSPS) is 10.4. The third-order valence-electron chi connectivity index (χ3n) is 1.84. The van der Waals surface area contributed by atoms with E-state index in [-0.39, 0.29) is 0 Å². The molecule has 0 fully saturated rings. The quantitative estimate of drug-likeness (QED) is 0.541. The summed E-state index contributed by atoms with van der Waals surface area (Å²) in [5.74, 6) is 1.10. The van der Waals surface area contributed by atoms with E-state index >= 15 is 0 Å². The van der Waals surface area contributed by atoms with Crippen molar-refractivity contribution >= 4 is 18.0 Å². The fraction of sp³-hybridized carbons (Fsp3) is 0.364. The lowest BCUT2D eigenvalue weighted by molar-refractivity contribution is -0.105. The lowest BCUT2D eigenvalue weighted by atomic mass is 10.0. The Balaban J connectivity index is 2.73. The van der Waals surface area contributed by atoms with Crippen molar-refractivity contribution in [2.24, 2.45) is 0 Å². The summed E-state index contributed by atoms with van der Waals surface area (Å²) in [5.41, 5.74) is 1.33. The summed E-state index contributed by atoms with van der Waals surface area (Å²) in [4.78, 5) is 11.4. The minimum Gasteiger partial charge on any atom is -0.302 e. The zero-order chi connectivity index (χ0) is 9.68. The molecule has 2 heteroatoms. The van der Waals surface area contributed by atoms with Gasteiger partial charge in [0.25, 0.3) is 0 Å². The molecule has 0 saturated heterocycles. The predicted octanol–water partition coefficient (Wildman–Crippen LogP) is 3.10. The number of hydrogen-bond donors (Lipinski definition) is 0. The summed E-state index contributed by atoms with van der Waals surface area (Å²) in [7, 11) is 0. The van der Waals surface area contributed by atoms with Gasteiger partial charge in [0, 0.05) is 4.90 Å². The summed E-state index contributed by atoms with van der Waals surface area (Å²) in [6, 6.07) is 8.36. The van der Waals surface area contributed by atoms with Gasteiger partial charge in [-0.3, -0.25) is 0 Å². The molecule has 0 N–H and O–H groups in total. The molecule has 0 aliphatic heterocycles. The zero-order valence-electron chi connectivity index (χ0n) is 7.99. The highest BCUT2D eigenvalue weighted by Gasteiger charge is 1.99. The molecule has 0 aliphatic rings. The average molecular weight is 194 g/mol. The fourth-order valence-electron chi connectivity index (χ4n) is 1.09. The highest BCUT2D eigenvalue weighted by atomic mass is 32.2. The predicted molar refractivity (Wildman–Crippen MR) is 57.3 cm³/mol. The van der Waals surface area contributed by atoms with Crippen LogP contribution in [0.1, 0.15) is 25.3 Å². The van der Waals surface area contributed by atoms with E-state index in [0.717, 1.165) is 6.29 Å². The molecule has 70 valence electrons. The Labute approximate surface area is 83.5 Å². The molecule has 1 rings (SSSR count). The van der Waals surface area contributed by atoms with Crippen molar-refractivity contribution in [2.45, 2.75) is 24.7 Å². The SMILES string of the molecule is CC(C)c1cccc(SCC=O)c1. The molecule has 0 heterocycles. The second-order valence-corrected chi connectivity index (χ2v) is 4.30.